The molecule has 104 valence electrons. The van der Waals surface area contributed by atoms with Crippen LogP contribution in [0, 0.1) is 0 Å². The van der Waals surface area contributed by atoms with Crippen LogP contribution in [0.2, 0.25) is 0 Å². The van der Waals surface area contributed by atoms with E-state index in [0.29, 0.717) is 6.54 Å². The molecular formula is C14H18F2N2O. The normalized spacial score (nSPS) is 20.5. The lowest BCUT2D eigenvalue weighted by molar-refractivity contribution is -0.132. The molecule has 1 amide bonds. The number of rotatable bonds is 4. The van der Waals surface area contributed by atoms with Crippen LogP contribution in [-0.4, -0.2) is 36.4 Å². The Labute approximate surface area is 111 Å². The van der Waals surface area contributed by atoms with Gasteiger partial charge in [-0.05, 0) is 24.9 Å². The molecule has 0 aliphatic carbocycles. The van der Waals surface area contributed by atoms with Gasteiger partial charge in [0.05, 0.1) is 0 Å². The maximum atomic E-state index is 12.2. The van der Waals surface area contributed by atoms with E-state index >= 15 is 0 Å². The van der Waals surface area contributed by atoms with Gasteiger partial charge in [-0.15, -0.1) is 0 Å². The molecule has 1 atom stereocenters. The summed E-state index contributed by atoms with van der Waals surface area (Å²) >= 11 is 0. The van der Waals surface area contributed by atoms with Gasteiger partial charge in [-0.1, -0.05) is 30.3 Å². The monoisotopic (exact) mass is 268 g/mol. The minimum Gasteiger partial charge on any atom is -0.347 e. The Kier molecular flexibility index (Phi) is 4.85. The first-order valence-corrected chi connectivity index (χ1v) is 6.50. The van der Waals surface area contributed by atoms with Gasteiger partial charge in [0.1, 0.15) is 0 Å². The van der Waals surface area contributed by atoms with Crippen molar-refractivity contribution in [2.24, 2.45) is 0 Å². The Hall–Kier alpha value is -1.49. The van der Waals surface area contributed by atoms with E-state index in [-0.39, 0.29) is 6.04 Å². The molecule has 1 aliphatic heterocycles. The van der Waals surface area contributed by atoms with Crippen LogP contribution in [-0.2, 0) is 11.3 Å². The maximum absolute atomic E-state index is 12.2. The Morgan fingerprint density at radius 3 is 2.79 bits per heavy atom. The van der Waals surface area contributed by atoms with Crippen LogP contribution >= 0.6 is 0 Å². The van der Waals surface area contributed by atoms with Crippen molar-refractivity contribution < 1.29 is 13.6 Å². The van der Waals surface area contributed by atoms with Crippen molar-refractivity contribution in [3.63, 3.8) is 0 Å². The molecule has 1 unspecified atom stereocenters. The van der Waals surface area contributed by atoms with Crippen molar-refractivity contribution in [3.05, 3.63) is 35.9 Å². The fourth-order valence-electron chi connectivity index (χ4n) is 2.42. The summed E-state index contributed by atoms with van der Waals surface area (Å²) in [4.78, 5) is 13.2. The number of nitrogens with zero attached hydrogens (tertiary/aromatic N) is 1. The highest BCUT2D eigenvalue weighted by atomic mass is 19.3. The third-order valence-electron chi connectivity index (χ3n) is 3.30. The number of carbonyl (C=O) groups excluding carboxylic acids is 1. The summed E-state index contributed by atoms with van der Waals surface area (Å²) in [6.07, 6.45) is -1.24. The molecule has 1 aliphatic rings. The number of likely N-dealkylation sites (tertiary alicyclic amines) is 1. The molecule has 0 aromatic heterocycles. The van der Waals surface area contributed by atoms with Gasteiger partial charge in [0.15, 0.2) is 0 Å². The quantitative estimate of drug-likeness (QED) is 0.906. The summed E-state index contributed by atoms with van der Waals surface area (Å²) in [5.74, 6) is -1.16. The predicted molar refractivity (Wildman–Crippen MR) is 68.9 cm³/mol. The van der Waals surface area contributed by atoms with Crippen molar-refractivity contribution >= 4 is 5.91 Å². The van der Waals surface area contributed by atoms with E-state index in [0.717, 1.165) is 25.9 Å². The first kappa shape index (κ1) is 13.9. The fourth-order valence-corrected chi connectivity index (χ4v) is 2.42. The van der Waals surface area contributed by atoms with E-state index in [1.165, 1.54) is 5.56 Å². The second-order valence-corrected chi connectivity index (χ2v) is 4.87. The molecule has 2 rings (SSSR count). The zero-order chi connectivity index (χ0) is 13.7. The maximum Gasteiger partial charge on any atom is 0.315 e. The van der Waals surface area contributed by atoms with Crippen LogP contribution in [0.4, 0.5) is 8.78 Å². The van der Waals surface area contributed by atoms with Crippen LogP contribution in [0.1, 0.15) is 18.4 Å². The van der Waals surface area contributed by atoms with Crippen LogP contribution < -0.4 is 5.32 Å². The molecule has 1 heterocycles. The number of piperidine rings is 1. The molecule has 0 saturated carbocycles. The van der Waals surface area contributed by atoms with E-state index in [9.17, 15) is 13.6 Å². The van der Waals surface area contributed by atoms with E-state index in [1.54, 1.807) is 0 Å². The average molecular weight is 268 g/mol. The summed E-state index contributed by atoms with van der Waals surface area (Å²) in [5, 5.41) is 2.40. The van der Waals surface area contributed by atoms with Gasteiger partial charge in [0.2, 0.25) is 0 Å². The van der Waals surface area contributed by atoms with Crippen LogP contribution in [0.3, 0.4) is 0 Å². The highest BCUT2D eigenvalue weighted by Crippen LogP contribution is 2.14. The Morgan fingerprint density at radius 1 is 1.37 bits per heavy atom. The molecule has 19 heavy (non-hydrogen) atoms. The fraction of sp³-hybridized carbons (Fsp3) is 0.500. The number of hydrogen-bond donors (Lipinski definition) is 1. The molecular weight excluding hydrogens is 250 g/mol. The van der Waals surface area contributed by atoms with Crippen LogP contribution in [0.25, 0.3) is 0 Å². The van der Waals surface area contributed by atoms with Crippen molar-refractivity contribution in [1.29, 1.82) is 0 Å². The Bertz CT molecular complexity index is 411. The third kappa shape index (κ3) is 4.28. The van der Waals surface area contributed by atoms with E-state index in [1.807, 2.05) is 30.3 Å². The zero-order valence-electron chi connectivity index (χ0n) is 10.7. The molecule has 1 N–H and O–H groups in total. The average Bonchev–Trinajstić information content (AvgIpc) is 2.40. The van der Waals surface area contributed by atoms with Crippen molar-refractivity contribution in [2.75, 3.05) is 13.1 Å². The summed E-state index contributed by atoms with van der Waals surface area (Å²) in [6, 6.07) is 9.85. The second-order valence-electron chi connectivity index (χ2n) is 4.87. The van der Waals surface area contributed by atoms with E-state index in [4.69, 9.17) is 0 Å². The Morgan fingerprint density at radius 2 is 2.11 bits per heavy atom. The highest BCUT2D eigenvalue weighted by molar-refractivity contribution is 5.79. The first-order chi connectivity index (χ1) is 9.15. The minimum atomic E-state index is -2.93. The predicted octanol–water partition coefficient (Wildman–Crippen LogP) is 2.03. The summed E-state index contributed by atoms with van der Waals surface area (Å²) in [7, 11) is 0. The molecule has 1 aromatic rings. The van der Waals surface area contributed by atoms with Crippen molar-refractivity contribution in [2.45, 2.75) is 31.9 Å². The Balaban J connectivity index is 1.85. The van der Waals surface area contributed by atoms with Gasteiger partial charge >= 0.3 is 6.43 Å². The third-order valence-corrected chi connectivity index (χ3v) is 3.30. The second kappa shape index (κ2) is 6.61. The van der Waals surface area contributed by atoms with Crippen molar-refractivity contribution in [3.8, 4) is 0 Å². The molecule has 5 heteroatoms. The number of carbonyl (C=O) groups is 1. The van der Waals surface area contributed by atoms with E-state index < -0.39 is 12.3 Å². The van der Waals surface area contributed by atoms with Crippen LogP contribution in [0.5, 0.6) is 0 Å². The summed E-state index contributed by atoms with van der Waals surface area (Å²) < 4.78 is 24.4. The molecule has 1 aromatic carbocycles. The van der Waals surface area contributed by atoms with Gasteiger partial charge in [0, 0.05) is 19.1 Å². The molecule has 0 spiro atoms. The number of halogens is 2. The highest BCUT2D eigenvalue weighted by Gasteiger charge is 2.24. The van der Waals surface area contributed by atoms with Gasteiger partial charge < -0.3 is 5.32 Å². The number of hydrogen-bond acceptors (Lipinski definition) is 2. The number of benzene rings is 1. The topological polar surface area (TPSA) is 32.3 Å². The number of alkyl halides is 2. The molecule has 0 bridgehead atoms. The molecule has 0 radical (unpaired) electrons. The lowest BCUT2D eigenvalue weighted by atomic mass is 10.0. The van der Waals surface area contributed by atoms with E-state index in [2.05, 4.69) is 10.2 Å². The summed E-state index contributed by atoms with van der Waals surface area (Å²) in [6.45, 7) is 2.37. The minimum absolute atomic E-state index is 0.168. The largest absolute Gasteiger partial charge is 0.347 e. The lowest BCUT2D eigenvalue weighted by Gasteiger charge is -2.33. The SMILES string of the molecule is O=C(NC1CCCN(Cc2ccccc2)C1)C(F)F. The molecule has 3 nitrogen and oxygen atoms in total. The smallest absolute Gasteiger partial charge is 0.315 e. The number of nitrogens with one attached hydrogen (secondary N) is 1. The molecule has 1 fully saturated rings. The van der Waals surface area contributed by atoms with Gasteiger partial charge in [0.25, 0.3) is 5.91 Å². The summed E-state index contributed by atoms with van der Waals surface area (Å²) in [5.41, 5.74) is 1.20. The van der Waals surface area contributed by atoms with Crippen molar-refractivity contribution in [1.82, 2.24) is 10.2 Å². The van der Waals surface area contributed by atoms with Gasteiger partial charge in [-0.2, -0.15) is 8.78 Å². The molecule has 1 saturated heterocycles. The van der Waals surface area contributed by atoms with Gasteiger partial charge in [-0.3, -0.25) is 9.69 Å². The van der Waals surface area contributed by atoms with Crippen LogP contribution in [0.15, 0.2) is 30.3 Å². The lowest BCUT2D eigenvalue weighted by Crippen LogP contribution is -2.48. The van der Waals surface area contributed by atoms with Gasteiger partial charge in [-0.25, -0.2) is 0 Å². The first-order valence-electron chi connectivity index (χ1n) is 6.50. The number of amides is 1. The standard InChI is InChI=1S/C14H18F2N2O/c15-13(16)14(19)17-12-7-4-8-18(10-12)9-11-5-2-1-3-6-11/h1-3,5-6,12-13H,4,7-10H2,(H,17,19). The zero-order valence-corrected chi connectivity index (χ0v) is 10.7.